The van der Waals surface area contributed by atoms with Crippen molar-refractivity contribution < 1.29 is 0 Å². The summed E-state index contributed by atoms with van der Waals surface area (Å²) in [5.74, 6) is 0. The highest BCUT2D eigenvalue weighted by molar-refractivity contribution is 5.08. The van der Waals surface area contributed by atoms with Crippen LogP contribution >= 0.6 is 0 Å². The molecule has 1 rings (SSSR count). The molecule has 0 saturated carbocycles. The van der Waals surface area contributed by atoms with Crippen molar-refractivity contribution in [1.29, 1.82) is 0 Å². The summed E-state index contributed by atoms with van der Waals surface area (Å²) in [4.78, 5) is 2.43. The quantitative estimate of drug-likeness (QED) is 0.429. The van der Waals surface area contributed by atoms with E-state index in [1.807, 2.05) is 18.2 Å². The molecule has 0 aromatic heterocycles. The number of nitrogens with zero attached hydrogens (tertiary/aromatic N) is 1. The van der Waals surface area contributed by atoms with Gasteiger partial charge in [0.05, 0.1) is 0 Å². The van der Waals surface area contributed by atoms with Gasteiger partial charge in [-0.25, -0.2) is 0 Å². The molecule has 0 spiro atoms. The predicted octanol–water partition coefficient (Wildman–Crippen LogP) is 2.38. The molecule has 0 amide bonds. The minimum Gasteiger partial charge on any atom is -0.290 e. The minimum absolute atomic E-state index is 0.693. The summed E-state index contributed by atoms with van der Waals surface area (Å²) in [5.41, 5.74) is 0. The average molecular weight is 163 g/mol. The highest BCUT2D eigenvalue weighted by Gasteiger charge is 2.43. The van der Waals surface area contributed by atoms with Gasteiger partial charge in [0.2, 0.25) is 0 Å². The molecule has 0 aromatic rings. The molecule has 12 heavy (non-hydrogen) atoms. The summed E-state index contributed by atoms with van der Waals surface area (Å²) in [6, 6.07) is 1.39. The molecule has 0 radical (unpaired) electrons. The molecule has 66 valence electrons. The van der Waals surface area contributed by atoms with Crippen molar-refractivity contribution >= 4 is 0 Å². The van der Waals surface area contributed by atoms with E-state index in [1.54, 1.807) is 0 Å². The first-order valence-electron chi connectivity index (χ1n) is 4.43. The van der Waals surface area contributed by atoms with Crippen LogP contribution in [0.25, 0.3) is 0 Å². The Bertz CT molecular complexity index is 144. The average Bonchev–Trinajstić information content (AvgIpc) is 2.67. The summed E-state index contributed by atoms with van der Waals surface area (Å²) in [6.45, 7) is 12.2. The van der Waals surface area contributed by atoms with Gasteiger partial charge in [0.15, 0.2) is 0 Å². The van der Waals surface area contributed by atoms with Crippen LogP contribution < -0.4 is 0 Å². The lowest BCUT2D eigenvalue weighted by Gasteiger charge is -1.94. The Morgan fingerprint density at radius 3 is 1.75 bits per heavy atom. The largest absolute Gasteiger partial charge is 0.290 e. The van der Waals surface area contributed by atoms with E-state index in [0.29, 0.717) is 12.1 Å². The molecular weight excluding hydrogens is 146 g/mol. The maximum atomic E-state index is 3.75. The van der Waals surface area contributed by atoms with E-state index in [4.69, 9.17) is 0 Å². The van der Waals surface area contributed by atoms with Crippen LogP contribution in [-0.2, 0) is 0 Å². The van der Waals surface area contributed by atoms with Crippen LogP contribution in [0, 0.1) is 0 Å². The Morgan fingerprint density at radius 1 is 0.917 bits per heavy atom. The molecule has 1 saturated heterocycles. The zero-order chi connectivity index (χ0) is 8.97. The topological polar surface area (TPSA) is 3.01 Å². The Hall–Kier alpha value is -0.820. The Labute approximate surface area is 75.1 Å². The highest BCUT2D eigenvalue weighted by Crippen LogP contribution is 2.33. The molecule has 0 aliphatic carbocycles. The molecule has 1 aliphatic heterocycles. The summed E-state index contributed by atoms with van der Waals surface area (Å²) in [7, 11) is 0. The molecule has 1 heteroatoms. The van der Waals surface area contributed by atoms with Crippen LogP contribution in [-0.4, -0.2) is 23.5 Å². The van der Waals surface area contributed by atoms with Crippen molar-refractivity contribution in [2.45, 2.75) is 24.9 Å². The van der Waals surface area contributed by atoms with E-state index in [0.717, 1.165) is 19.4 Å². The normalized spacial score (nSPS) is 32.5. The summed E-state index contributed by atoms with van der Waals surface area (Å²) in [5, 5.41) is 0. The molecule has 0 bridgehead atoms. The summed E-state index contributed by atoms with van der Waals surface area (Å²) >= 11 is 0. The number of hydrogen-bond donors (Lipinski definition) is 0. The third-order valence-electron chi connectivity index (χ3n) is 2.36. The van der Waals surface area contributed by atoms with Crippen molar-refractivity contribution in [3.8, 4) is 0 Å². The molecule has 1 heterocycles. The second-order valence-corrected chi connectivity index (χ2v) is 3.17. The van der Waals surface area contributed by atoms with E-state index in [2.05, 4.69) is 24.6 Å². The lowest BCUT2D eigenvalue weighted by Crippen LogP contribution is -2.01. The van der Waals surface area contributed by atoms with Crippen LogP contribution in [0.4, 0.5) is 0 Å². The fourth-order valence-corrected chi connectivity index (χ4v) is 1.74. The van der Waals surface area contributed by atoms with Gasteiger partial charge in [-0.05, 0) is 12.8 Å². The van der Waals surface area contributed by atoms with Crippen molar-refractivity contribution in [2.24, 2.45) is 0 Å². The van der Waals surface area contributed by atoms with Gasteiger partial charge in [0.25, 0.3) is 0 Å². The van der Waals surface area contributed by atoms with Gasteiger partial charge in [0.1, 0.15) is 0 Å². The maximum absolute atomic E-state index is 3.75. The Morgan fingerprint density at radius 2 is 1.42 bits per heavy atom. The van der Waals surface area contributed by atoms with Crippen LogP contribution in [0.2, 0.25) is 0 Å². The van der Waals surface area contributed by atoms with Crippen molar-refractivity contribution in [3.63, 3.8) is 0 Å². The van der Waals surface area contributed by atoms with Crippen LogP contribution in [0.3, 0.4) is 0 Å². The minimum atomic E-state index is 0.693. The monoisotopic (exact) mass is 163 g/mol. The molecule has 2 atom stereocenters. The van der Waals surface area contributed by atoms with E-state index in [1.165, 1.54) is 0 Å². The zero-order valence-corrected chi connectivity index (χ0v) is 7.58. The SMILES string of the molecule is C=CCC1C(CC=C)N1CC=C. The van der Waals surface area contributed by atoms with Gasteiger partial charge in [-0.1, -0.05) is 18.2 Å². The predicted molar refractivity (Wildman–Crippen MR) is 54.1 cm³/mol. The highest BCUT2D eigenvalue weighted by atomic mass is 15.3. The van der Waals surface area contributed by atoms with Gasteiger partial charge >= 0.3 is 0 Å². The first kappa shape index (κ1) is 9.27. The van der Waals surface area contributed by atoms with E-state index >= 15 is 0 Å². The van der Waals surface area contributed by atoms with Crippen LogP contribution in [0.1, 0.15) is 12.8 Å². The number of hydrogen-bond acceptors (Lipinski definition) is 1. The molecule has 1 fully saturated rings. The van der Waals surface area contributed by atoms with Crippen molar-refractivity contribution in [2.75, 3.05) is 6.54 Å². The number of rotatable bonds is 6. The molecular formula is C11H17N. The van der Waals surface area contributed by atoms with E-state index < -0.39 is 0 Å². The lowest BCUT2D eigenvalue weighted by atomic mass is 10.2. The third-order valence-corrected chi connectivity index (χ3v) is 2.36. The molecule has 1 aliphatic rings. The third kappa shape index (κ3) is 1.86. The summed E-state index contributed by atoms with van der Waals surface area (Å²) < 4.78 is 0. The Balaban J connectivity index is 2.36. The fraction of sp³-hybridized carbons (Fsp3) is 0.455. The van der Waals surface area contributed by atoms with Crippen LogP contribution in [0.15, 0.2) is 38.0 Å². The molecule has 0 aromatic carbocycles. The van der Waals surface area contributed by atoms with E-state index in [9.17, 15) is 0 Å². The lowest BCUT2D eigenvalue weighted by molar-refractivity contribution is 0.530. The van der Waals surface area contributed by atoms with Gasteiger partial charge in [-0.2, -0.15) is 0 Å². The fourth-order valence-electron chi connectivity index (χ4n) is 1.74. The van der Waals surface area contributed by atoms with Crippen molar-refractivity contribution in [3.05, 3.63) is 38.0 Å². The van der Waals surface area contributed by atoms with Gasteiger partial charge in [-0.3, -0.25) is 4.90 Å². The maximum Gasteiger partial charge on any atom is 0.0296 e. The van der Waals surface area contributed by atoms with Crippen LogP contribution in [0.5, 0.6) is 0 Å². The molecule has 0 N–H and O–H groups in total. The Kier molecular flexibility index (Phi) is 3.30. The van der Waals surface area contributed by atoms with Gasteiger partial charge < -0.3 is 0 Å². The summed E-state index contributed by atoms with van der Waals surface area (Å²) in [6.07, 6.45) is 8.12. The van der Waals surface area contributed by atoms with E-state index in [-0.39, 0.29) is 0 Å². The van der Waals surface area contributed by atoms with Gasteiger partial charge in [0, 0.05) is 18.6 Å². The van der Waals surface area contributed by atoms with Crippen molar-refractivity contribution in [1.82, 2.24) is 4.90 Å². The molecule has 1 nitrogen and oxygen atoms in total. The molecule has 2 unspecified atom stereocenters. The van der Waals surface area contributed by atoms with Gasteiger partial charge in [-0.15, -0.1) is 19.7 Å². The first-order chi connectivity index (χ1) is 5.85. The first-order valence-corrected chi connectivity index (χ1v) is 4.43. The standard InChI is InChI=1S/C11H17N/c1-4-7-10-11(8-5-2)12(10)9-6-3/h4-6,10-11H,1-3,7-9H2. The zero-order valence-electron chi connectivity index (χ0n) is 7.58. The second-order valence-electron chi connectivity index (χ2n) is 3.17. The smallest absolute Gasteiger partial charge is 0.0296 e. The second kappa shape index (κ2) is 4.27.